The summed E-state index contributed by atoms with van der Waals surface area (Å²) in [6, 6.07) is 0. The van der Waals surface area contributed by atoms with Gasteiger partial charge in [0, 0.05) is 6.42 Å². The number of hydrogen-bond donors (Lipinski definition) is 2. The zero-order chi connectivity index (χ0) is 15.2. The highest BCUT2D eigenvalue weighted by Gasteiger charge is 2.04. The minimum absolute atomic E-state index is 0.0587. The van der Waals surface area contributed by atoms with Gasteiger partial charge in [0.25, 0.3) is 0 Å². The molecule has 120 valence electrons. The van der Waals surface area contributed by atoms with Gasteiger partial charge in [-0.05, 0) is 58.5 Å². The Morgan fingerprint density at radius 3 is 1.95 bits per heavy atom. The molecule has 0 spiro atoms. The summed E-state index contributed by atoms with van der Waals surface area (Å²) in [5, 5.41) is 0. The number of unbranched alkanes of at least 4 members (excludes halogenated alkanes) is 2. The lowest BCUT2D eigenvalue weighted by atomic mass is 10.2. The molecule has 5 nitrogen and oxygen atoms in total. The van der Waals surface area contributed by atoms with Gasteiger partial charge in [0.15, 0.2) is 0 Å². The van der Waals surface area contributed by atoms with Crippen LogP contribution in [-0.4, -0.2) is 55.0 Å². The number of carbonyl (C=O) groups is 1. The van der Waals surface area contributed by atoms with Gasteiger partial charge in [-0.3, -0.25) is 10.2 Å². The van der Waals surface area contributed by atoms with Gasteiger partial charge in [0.1, 0.15) is 0 Å². The van der Waals surface area contributed by atoms with E-state index in [1.54, 1.807) is 0 Å². The van der Waals surface area contributed by atoms with Crippen molar-refractivity contribution in [1.82, 2.24) is 15.2 Å². The molecule has 5 heteroatoms. The molecule has 3 N–H and O–H groups in total. The first kappa shape index (κ1) is 19.4. The minimum atomic E-state index is -0.0587. The quantitative estimate of drug-likeness (QED) is 0.234. The Morgan fingerprint density at radius 1 is 0.850 bits per heavy atom. The van der Waals surface area contributed by atoms with Crippen molar-refractivity contribution in [2.24, 2.45) is 5.84 Å². The summed E-state index contributed by atoms with van der Waals surface area (Å²) in [4.78, 5) is 16.0. The second-order valence-corrected chi connectivity index (χ2v) is 5.19. The Morgan fingerprint density at radius 2 is 1.40 bits per heavy atom. The summed E-state index contributed by atoms with van der Waals surface area (Å²) in [6.45, 7) is 13.6. The van der Waals surface area contributed by atoms with E-state index < -0.39 is 0 Å². The molecule has 0 radical (unpaired) electrons. The summed E-state index contributed by atoms with van der Waals surface area (Å²) in [5.74, 6) is 4.99. The fourth-order valence-corrected chi connectivity index (χ4v) is 2.36. The SMILES string of the molecule is CCN(CC)CCCN(CC)CCCCCC(=O)NN. The summed E-state index contributed by atoms with van der Waals surface area (Å²) in [7, 11) is 0. The van der Waals surface area contributed by atoms with Crippen LogP contribution in [0.5, 0.6) is 0 Å². The summed E-state index contributed by atoms with van der Waals surface area (Å²) >= 11 is 0. The standard InChI is InChI=1S/C15H34N4O/c1-4-18(5-2)13-10-14-19(6-3)12-9-7-8-11-15(20)17-16/h4-14,16H2,1-3H3,(H,17,20). The van der Waals surface area contributed by atoms with Gasteiger partial charge in [-0.15, -0.1) is 0 Å². The molecule has 20 heavy (non-hydrogen) atoms. The Balaban J connectivity index is 3.58. The van der Waals surface area contributed by atoms with Gasteiger partial charge in [0.2, 0.25) is 5.91 Å². The largest absolute Gasteiger partial charge is 0.304 e. The molecule has 0 saturated carbocycles. The fourth-order valence-electron chi connectivity index (χ4n) is 2.36. The Labute approximate surface area is 124 Å². The predicted octanol–water partition coefficient (Wildman–Crippen LogP) is 1.59. The second-order valence-electron chi connectivity index (χ2n) is 5.19. The third-order valence-electron chi connectivity index (χ3n) is 3.83. The van der Waals surface area contributed by atoms with Gasteiger partial charge in [0.05, 0.1) is 0 Å². The number of nitrogens with one attached hydrogen (secondary N) is 1. The first-order valence-corrected chi connectivity index (χ1v) is 8.12. The van der Waals surface area contributed by atoms with Crippen molar-refractivity contribution in [3.8, 4) is 0 Å². The highest BCUT2D eigenvalue weighted by Crippen LogP contribution is 2.03. The fraction of sp³-hybridized carbons (Fsp3) is 0.933. The summed E-state index contributed by atoms with van der Waals surface area (Å²) in [5.41, 5.74) is 2.17. The van der Waals surface area contributed by atoms with Crippen LogP contribution >= 0.6 is 0 Å². The predicted molar refractivity (Wildman–Crippen MR) is 85.3 cm³/mol. The molecule has 0 aliphatic carbocycles. The topological polar surface area (TPSA) is 61.6 Å². The van der Waals surface area contributed by atoms with Crippen molar-refractivity contribution in [3.63, 3.8) is 0 Å². The smallest absolute Gasteiger partial charge is 0.233 e. The third kappa shape index (κ3) is 10.2. The number of rotatable bonds is 13. The van der Waals surface area contributed by atoms with E-state index in [4.69, 9.17) is 5.84 Å². The number of hydrazine groups is 1. The third-order valence-corrected chi connectivity index (χ3v) is 3.83. The molecule has 0 atom stereocenters. The Kier molecular flexibility index (Phi) is 12.9. The van der Waals surface area contributed by atoms with E-state index in [1.807, 2.05) is 0 Å². The van der Waals surface area contributed by atoms with E-state index in [0.717, 1.165) is 45.4 Å². The van der Waals surface area contributed by atoms with E-state index in [0.29, 0.717) is 6.42 Å². The zero-order valence-corrected chi connectivity index (χ0v) is 13.7. The molecule has 0 aromatic rings. The number of hydrogen-bond acceptors (Lipinski definition) is 4. The maximum absolute atomic E-state index is 11.0. The zero-order valence-electron chi connectivity index (χ0n) is 13.7. The lowest BCUT2D eigenvalue weighted by Crippen LogP contribution is -2.31. The number of carbonyl (C=O) groups excluding carboxylic acids is 1. The molecule has 0 fully saturated rings. The molecule has 0 rings (SSSR count). The Bertz CT molecular complexity index is 232. The normalized spacial score (nSPS) is 11.3. The van der Waals surface area contributed by atoms with Crippen molar-refractivity contribution in [2.75, 3.05) is 39.3 Å². The molecule has 0 aromatic carbocycles. The summed E-state index contributed by atoms with van der Waals surface area (Å²) in [6.07, 6.45) is 4.98. The van der Waals surface area contributed by atoms with Gasteiger partial charge in [-0.2, -0.15) is 0 Å². The van der Waals surface area contributed by atoms with E-state index in [9.17, 15) is 4.79 Å². The molecule has 0 bridgehead atoms. The highest BCUT2D eigenvalue weighted by molar-refractivity contribution is 5.74. The van der Waals surface area contributed by atoms with Gasteiger partial charge in [-0.1, -0.05) is 27.2 Å². The molecule has 0 heterocycles. The van der Waals surface area contributed by atoms with E-state index in [2.05, 4.69) is 36.0 Å². The van der Waals surface area contributed by atoms with Crippen LogP contribution in [0.15, 0.2) is 0 Å². The average molecular weight is 286 g/mol. The lowest BCUT2D eigenvalue weighted by Gasteiger charge is -2.23. The maximum atomic E-state index is 11.0. The van der Waals surface area contributed by atoms with Crippen LogP contribution < -0.4 is 11.3 Å². The van der Waals surface area contributed by atoms with Crippen molar-refractivity contribution in [3.05, 3.63) is 0 Å². The monoisotopic (exact) mass is 286 g/mol. The van der Waals surface area contributed by atoms with Crippen LogP contribution in [0.2, 0.25) is 0 Å². The molecular formula is C15H34N4O. The van der Waals surface area contributed by atoms with Crippen molar-refractivity contribution in [2.45, 2.75) is 52.9 Å². The number of nitrogens with two attached hydrogens (primary N) is 1. The van der Waals surface area contributed by atoms with Crippen LogP contribution in [0.4, 0.5) is 0 Å². The van der Waals surface area contributed by atoms with Crippen LogP contribution in [0, 0.1) is 0 Å². The van der Waals surface area contributed by atoms with E-state index in [-0.39, 0.29) is 5.91 Å². The molecular weight excluding hydrogens is 252 g/mol. The average Bonchev–Trinajstić information content (AvgIpc) is 2.48. The van der Waals surface area contributed by atoms with E-state index in [1.165, 1.54) is 19.5 Å². The highest BCUT2D eigenvalue weighted by atomic mass is 16.2. The molecule has 0 aromatic heterocycles. The summed E-state index contributed by atoms with van der Waals surface area (Å²) < 4.78 is 0. The molecule has 1 amide bonds. The van der Waals surface area contributed by atoms with Gasteiger partial charge >= 0.3 is 0 Å². The van der Waals surface area contributed by atoms with E-state index >= 15 is 0 Å². The molecule has 0 aliphatic rings. The maximum Gasteiger partial charge on any atom is 0.233 e. The lowest BCUT2D eigenvalue weighted by molar-refractivity contribution is -0.121. The minimum Gasteiger partial charge on any atom is -0.304 e. The van der Waals surface area contributed by atoms with Crippen LogP contribution in [-0.2, 0) is 4.79 Å². The van der Waals surface area contributed by atoms with Crippen molar-refractivity contribution in [1.29, 1.82) is 0 Å². The number of nitrogens with zero attached hydrogens (tertiary/aromatic N) is 2. The first-order valence-electron chi connectivity index (χ1n) is 8.12. The Hall–Kier alpha value is -0.650. The molecule has 0 aliphatic heterocycles. The molecule has 0 unspecified atom stereocenters. The van der Waals surface area contributed by atoms with Crippen LogP contribution in [0.25, 0.3) is 0 Å². The van der Waals surface area contributed by atoms with Crippen molar-refractivity contribution < 1.29 is 4.79 Å². The van der Waals surface area contributed by atoms with Crippen molar-refractivity contribution >= 4 is 5.91 Å². The molecule has 0 saturated heterocycles. The van der Waals surface area contributed by atoms with Gasteiger partial charge in [-0.25, -0.2) is 5.84 Å². The second kappa shape index (κ2) is 13.3. The van der Waals surface area contributed by atoms with Crippen LogP contribution in [0.1, 0.15) is 52.9 Å². The van der Waals surface area contributed by atoms with Crippen LogP contribution in [0.3, 0.4) is 0 Å². The number of amides is 1. The van der Waals surface area contributed by atoms with Gasteiger partial charge < -0.3 is 9.80 Å². The first-order chi connectivity index (χ1) is 9.67.